The average molecular weight is 513 g/mol. The second-order valence-electron chi connectivity index (χ2n) is 7.34. The van der Waals surface area contributed by atoms with Gasteiger partial charge in [0.05, 0.1) is 0 Å². The first-order chi connectivity index (χ1) is 13.3. The summed E-state index contributed by atoms with van der Waals surface area (Å²) in [6, 6.07) is 29.3. The van der Waals surface area contributed by atoms with Crippen LogP contribution < -0.4 is 0 Å². The van der Waals surface area contributed by atoms with Crippen molar-refractivity contribution in [2.75, 3.05) is 0 Å². The molecule has 0 N–H and O–H groups in total. The molecule has 0 saturated heterocycles. The van der Waals surface area contributed by atoms with Crippen LogP contribution in [0.4, 0.5) is 0 Å². The normalized spacial score (nSPS) is 16.0. The van der Waals surface area contributed by atoms with Crippen LogP contribution in [0.2, 0.25) is 0 Å². The van der Waals surface area contributed by atoms with Gasteiger partial charge in [0, 0.05) is 0 Å². The van der Waals surface area contributed by atoms with Gasteiger partial charge in [-0.05, 0) is 0 Å². The molecule has 0 saturated carbocycles. The van der Waals surface area contributed by atoms with E-state index in [1.165, 1.54) is 16.7 Å². The van der Waals surface area contributed by atoms with Crippen LogP contribution in [0.3, 0.4) is 0 Å². The Morgan fingerprint density at radius 2 is 1.37 bits per heavy atom. The van der Waals surface area contributed by atoms with Crippen LogP contribution in [0.1, 0.15) is 33.7 Å². The van der Waals surface area contributed by atoms with Crippen LogP contribution in [-0.4, -0.2) is 3.26 Å². The van der Waals surface area contributed by atoms with Gasteiger partial charge in [0.1, 0.15) is 0 Å². The van der Waals surface area contributed by atoms with Gasteiger partial charge in [-0.2, -0.15) is 0 Å². The van der Waals surface area contributed by atoms with E-state index in [1.807, 2.05) is 0 Å². The van der Waals surface area contributed by atoms with Gasteiger partial charge in [0.2, 0.25) is 0 Å². The Kier molecular flexibility index (Phi) is 4.49. The SMILES string of the molecule is C[C](c1ccccc1)=[Hf]([C]1=CC=CC1)[CH]1c2ccccc2-c2ccccc21. The zero-order chi connectivity index (χ0) is 18.2. The number of fused-ring (bicyclic) bond motifs is 3. The molecule has 0 unspecified atom stereocenters. The summed E-state index contributed by atoms with van der Waals surface area (Å²) in [7, 11) is 0. The minimum atomic E-state index is -2.38. The number of hydrogen-bond acceptors (Lipinski definition) is 0. The summed E-state index contributed by atoms with van der Waals surface area (Å²) >= 11 is -2.38. The molecule has 1 heteroatoms. The molecular formula is C26H22Hf. The molecule has 0 radical (unpaired) electrons. The van der Waals surface area contributed by atoms with Crippen molar-refractivity contribution in [3.05, 3.63) is 117 Å². The number of hydrogen-bond donors (Lipinski definition) is 0. The summed E-state index contributed by atoms with van der Waals surface area (Å²) in [5.41, 5.74) is 7.46. The van der Waals surface area contributed by atoms with Crippen molar-refractivity contribution in [2.45, 2.75) is 17.0 Å². The summed E-state index contributed by atoms with van der Waals surface area (Å²) in [5.74, 6) is 0. The molecule has 0 aliphatic heterocycles. The topological polar surface area (TPSA) is 0 Å². The first-order valence-electron chi connectivity index (χ1n) is 9.65. The van der Waals surface area contributed by atoms with Crippen molar-refractivity contribution >= 4 is 3.26 Å². The van der Waals surface area contributed by atoms with Crippen LogP contribution in [0, 0.1) is 0 Å². The Morgan fingerprint density at radius 3 is 1.96 bits per heavy atom. The second-order valence-corrected chi connectivity index (χ2v) is 17.4. The predicted molar refractivity (Wildman–Crippen MR) is 112 cm³/mol. The molecule has 130 valence electrons. The molecule has 3 aromatic carbocycles. The molecular weight excluding hydrogens is 491 g/mol. The van der Waals surface area contributed by atoms with Crippen molar-refractivity contribution in [1.82, 2.24) is 0 Å². The standard InChI is InChI=1S/C13H9.C8H8.C5H5.Hf/c1-3-7-12-10(5-1)9-11-6-2-4-8-13(11)12;1-2-8-6-4-3-5-7-8;1-2-4-5-3-1;/h1-9H;3-7H,1H3;1-3H,4H2;. The monoisotopic (exact) mass is 514 g/mol. The fourth-order valence-electron chi connectivity index (χ4n) is 4.60. The van der Waals surface area contributed by atoms with Crippen molar-refractivity contribution in [2.24, 2.45) is 0 Å². The zero-order valence-electron chi connectivity index (χ0n) is 15.5. The maximum absolute atomic E-state index is 2.43. The summed E-state index contributed by atoms with van der Waals surface area (Å²) in [6.45, 7) is 2.42. The third-order valence-corrected chi connectivity index (χ3v) is 17.9. The maximum atomic E-state index is 2.43. The van der Waals surface area contributed by atoms with Gasteiger partial charge in [-0.25, -0.2) is 0 Å². The second kappa shape index (κ2) is 7.13. The quantitative estimate of drug-likeness (QED) is 0.353. The van der Waals surface area contributed by atoms with E-state index in [9.17, 15) is 0 Å². The third kappa shape index (κ3) is 2.89. The van der Waals surface area contributed by atoms with Crippen LogP contribution in [-0.2, 0) is 21.0 Å². The zero-order valence-corrected chi connectivity index (χ0v) is 19.1. The molecule has 3 aromatic rings. The first kappa shape index (κ1) is 17.0. The summed E-state index contributed by atoms with van der Waals surface area (Å²) in [5, 5.41) is 0. The van der Waals surface area contributed by atoms with E-state index < -0.39 is 21.0 Å². The summed E-state index contributed by atoms with van der Waals surface area (Å²) in [4.78, 5) is 0. The van der Waals surface area contributed by atoms with Gasteiger partial charge >= 0.3 is 169 Å². The number of allylic oxidation sites excluding steroid dienone is 4. The van der Waals surface area contributed by atoms with Crippen molar-refractivity contribution in [3.63, 3.8) is 0 Å². The Bertz CT molecular complexity index is 1050. The Hall–Kier alpha value is -2.12. The van der Waals surface area contributed by atoms with Gasteiger partial charge in [0.15, 0.2) is 0 Å². The molecule has 0 amide bonds. The molecule has 0 heterocycles. The van der Waals surface area contributed by atoms with Crippen molar-refractivity contribution < 1.29 is 21.0 Å². The molecule has 0 aromatic heterocycles. The molecule has 0 nitrogen and oxygen atoms in total. The summed E-state index contributed by atoms with van der Waals surface area (Å²) < 4.78 is 4.00. The molecule has 0 spiro atoms. The van der Waals surface area contributed by atoms with Gasteiger partial charge in [-0.3, -0.25) is 0 Å². The average Bonchev–Trinajstić information content (AvgIpc) is 3.37. The van der Waals surface area contributed by atoms with Crippen molar-refractivity contribution in [1.29, 1.82) is 0 Å². The fraction of sp³-hybridized carbons (Fsp3) is 0.115. The molecule has 2 aliphatic rings. The van der Waals surface area contributed by atoms with E-state index in [2.05, 4.69) is 104 Å². The molecule has 0 atom stereocenters. The fourth-order valence-corrected chi connectivity index (χ4v) is 17.2. The first-order valence-corrected chi connectivity index (χ1v) is 15.3. The molecule has 0 fully saturated rings. The van der Waals surface area contributed by atoms with E-state index in [0.29, 0.717) is 3.67 Å². The van der Waals surface area contributed by atoms with Gasteiger partial charge in [0.25, 0.3) is 0 Å². The third-order valence-electron chi connectivity index (χ3n) is 5.85. The van der Waals surface area contributed by atoms with Crippen LogP contribution in [0.25, 0.3) is 11.1 Å². The van der Waals surface area contributed by atoms with Gasteiger partial charge in [-0.1, -0.05) is 0 Å². The van der Waals surface area contributed by atoms with E-state index in [4.69, 9.17) is 0 Å². The molecule has 2 aliphatic carbocycles. The Morgan fingerprint density at radius 1 is 0.778 bits per heavy atom. The van der Waals surface area contributed by atoms with E-state index >= 15 is 0 Å². The molecule has 27 heavy (non-hydrogen) atoms. The van der Waals surface area contributed by atoms with Gasteiger partial charge in [-0.15, -0.1) is 0 Å². The minimum absolute atomic E-state index is 0.591. The predicted octanol–water partition coefficient (Wildman–Crippen LogP) is 6.46. The number of rotatable bonds is 3. The van der Waals surface area contributed by atoms with Crippen LogP contribution in [0.15, 0.2) is 100 Å². The van der Waals surface area contributed by atoms with E-state index in [-0.39, 0.29) is 0 Å². The van der Waals surface area contributed by atoms with E-state index in [1.54, 1.807) is 17.7 Å². The number of benzene rings is 3. The van der Waals surface area contributed by atoms with Gasteiger partial charge < -0.3 is 0 Å². The Balaban J connectivity index is 1.79. The van der Waals surface area contributed by atoms with E-state index in [0.717, 1.165) is 6.42 Å². The molecule has 5 rings (SSSR count). The Labute approximate surface area is 168 Å². The van der Waals surface area contributed by atoms with Crippen LogP contribution in [0.5, 0.6) is 0 Å². The van der Waals surface area contributed by atoms with Crippen LogP contribution >= 0.6 is 0 Å². The van der Waals surface area contributed by atoms with Crippen molar-refractivity contribution in [3.8, 4) is 11.1 Å². The summed E-state index contributed by atoms with van der Waals surface area (Å²) in [6.07, 6.45) is 8.18. The molecule has 0 bridgehead atoms.